The minimum atomic E-state index is -0.497. The van der Waals surface area contributed by atoms with Gasteiger partial charge in [0.05, 0.1) is 24.3 Å². The molecule has 1 atom stereocenters. The van der Waals surface area contributed by atoms with Gasteiger partial charge in [0.1, 0.15) is 5.82 Å². The molecule has 2 N–H and O–H groups in total. The fourth-order valence-corrected chi connectivity index (χ4v) is 1.68. The van der Waals surface area contributed by atoms with Gasteiger partial charge in [0, 0.05) is 0 Å². The fraction of sp³-hybridized carbons (Fsp3) is 0.429. The lowest BCUT2D eigenvalue weighted by atomic mass is 10.1. The molecule has 0 aliphatic heterocycles. The minimum Gasteiger partial charge on any atom is -0.377 e. The summed E-state index contributed by atoms with van der Waals surface area (Å²) >= 11 is 0. The Kier molecular flexibility index (Phi) is 4.46. The largest absolute Gasteiger partial charge is 0.377 e. The zero-order valence-electron chi connectivity index (χ0n) is 11.8. The monoisotopic (exact) mass is 279 g/mol. The second kappa shape index (κ2) is 6.11. The van der Waals surface area contributed by atoms with Crippen LogP contribution in [0.25, 0.3) is 11.5 Å². The van der Waals surface area contributed by atoms with Crippen molar-refractivity contribution in [2.24, 2.45) is 5.73 Å². The van der Waals surface area contributed by atoms with E-state index in [-0.39, 0.29) is 30.0 Å². The molecular formula is C14H18FN3O2. The van der Waals surface area contributed by atoms with E-state index in [0.717, 1.165) is 0 Å². The van der Waals surface area contributed by atoms with E-state index in [9.17, 15) is 4.39 Å². The lowest BCUT2D eigenvalue weighted by molar-refractivity contribution is 0.0665. The van der Waals surface area contributed by atoms with E-state index in [4.69, 9.17) is 15.0 Å². The van der Waals surface area contributed by atoms with Crippen molar-refractivity contribution in [1.82, 2.24) is 10.1 Å². The van der Waals surface area contributed by atoms with Crippen LogP contribution in [0.3, 0.4) is 0 Å². The predicted octanol–water partition coefficient (Wildman–Crippen LogP) is 2.61. The summed E-state index contributed by atoms with van der Waals surface area (Å²) in [6.45, 7) is 5.79. The fourth-order valence-electron chi connectivity index (χ4n) is 1.68. The molecule has 2 aromatic rings. The van der Waals surface area contributed by atoms with Gasteiger partial charge in [-0.05, 0) is 32.4 Å². The number of hydrogen-bond donors (Lipinski definition) is 1. The van der Waals surface area contributed by atoms with Crippen molar-refractivity contribution in [2.75, 3.05) is 6.61 Å². The van der Waals surface area contributed by atoms with Gasteiger partial charge < -0.3 is 15.0 Å². The Bertz CT molecular complexity index is 584. The highest BCUT2D eigenvalue weighted by Gasteiger charge is 2.18. The van der Waals surface area contributed by atoms with Crippen molar-refractivity contribution in [3.8, 4) is 11.5 Å². The molecule has 1 aromatic carbocycles. The molecule has 1 heterocycles. The molecule has 6 heteroatoms. The maximum atomic E-state index is 14.0. The van der Waals surface area contributed by atoms with Crippen molar-refractivity contribution < 1.29 is 13.7 Å². The third-order valence-corrected chi connectivity index (χ3v) is 2.80. The zero-order chi connectivity index (χ0) is 14.7. The first-order valence-electron chi connectivity index (χ1n) is 6.45. The lowest BCUT2D eigenvalue weighted by Gasteiger charge is -2.10. The Morgan fingerprint density at radius 1 is 1.40 bits per heavy atom. The Morgan fingerprint density at radius 2 is 2.15 bits per heavy atom. The van der Waals surface area contributed by atoms with E-state index in [1.807, 2.05) is 13.8 Å². The first kappa shape index (κ1) is 14.6. The highest BCUT2D eigenvalue weighted by Crippen LogP contribution is 2.24. The zero-order valence-corrected chi connectivity index (χ0v) is 11.8. The SMILES string of the molecule is Cc1cccc(-c2nc(C(N)COC(C)C)no2)c1F. The summed E-state index contributed by atoms with van der Waals surface area (Å²) in [5, 5.41) is 3.78. The van der Waals surface area contributed by atoms with Crippen LogP contribution < -0.4 is 5.73 Å². The van der Waals surface area contributed by atoms with Crippen LogP contribution in [0.5, 0.6) is 0 Å². The van der Waals surface area contributed by atoms with E-state index in [2.05, 4.69) is 10.1 Å². The van der Waals surface area contributed by atoms with Crippen molar-refractivity contribution >= 4 is 0 Å². The maximum absolute atomic E-state index is 14.0. The summed E-state index contributed by atoms with van der Waals surface area (Å²) < 4.78 is 24.4. The number of hydrogen-bond acceptors (Lipinski definition) is 5. The Labute approximate surface area is 116 Å². The lowest BCUT2D eigenvalue weighted by Crippen LogP contribution is -2.20. The van der Waals surface area contributed by atoms with Crippen molar-refractivity contribution in [3.05, 3.63) is 35.4 Å². The number of nitrogens with two attached hydrogens (primary N) is 1. The third-order valence-electron chi connectivity index (χ3n) is 2.80. The van der Waals surface area contributed by atoms with Gasteiger partial charge in [-0.15, -0.1) is 0 Å². The average Bonchev–Trinajstić information content (AvgIpc) is 2.88. The highest BCUT2D eigenvalue weighted by molar-refractivity contribution is 5.55. The van der Waals surface area contributed by atoms with Crippen LogP contribution in [0.2, 0.25) is 0 Å². The van der Waals surface area contributed by atoms with E-state index in [1.54, 1.807) is 25.1 Å². The van der Waals surface area contributed by atoms with Crippen LogP contribution in [-0.4, -0.2) is 22.9 Å². The summed E-state index contributed by atoms with van der Waals surface area (Å²) in [5.74, 6) is 0.0671. The van der Waals surface area contributed by atoms with Gasteiger partial charge in [-0.3, -0.25) is 0 Å². The van der Waals surface area contributed by atoms with Gasteiger partial charge in [-0.25, -0.2) is 4.39 Å². The molecule has 108 valence electrons. The van der Waals surface area contributed by atoms with Crippen LogP contribution in [0.4, 0.5) is 4.39 Å². The molecule has 1 unspecified atom stereocenters. The predicted molar refractivity (Wildman–Crippen MR) is 72.4 cm³/mol. The van der Waals surface area contributed by atoms with E-state index >= 15 is 0 Å². The van der Waals surface area contributed by atoms with Crippen molar-refractivity contribution in [2.45, 2.75) is 32.9 Å². The number of aryl methyl sites for hydroxylation is 1. The van der Waals surface area contributed by atoms with Gasteiger partial charge in [0.25, 0.3) is 5.89 Å². The summed E-state index contributed by atoms with van der Waals surface area (Å²) in [6, 6.07) is 4.51. The number of nitrogens with zero attached hydrogens (tertiary/aromatic N) is 2. The first-order chi connectivity index (χ1) is 9.49. The number of benzene rings is 1. The summed E-state index contributed by atoms with van der Waals surface area (Å²) in [7, 11) is 0. The van der Waals surface area contributed by atoms with Crippen LogP contribution >= 0.6 is 0 Å². The maximum Gasteiger partial charge on any atom is 0.260 e. The Hall–Kier alpha value is -1.79. The first-order valence-corrected chi connectivity index (χ1v) is 6.45. The van der Waals surface area contributed by atoms with E-state index in [0.29, 0.717) is 11.4 Å². The summed E-state index contributed by atoms with van der Waals surface area (Å²) in [4.78, 5) is 4.14. The van der Waals surface area contributed by atoms with Crippen molar-refractivity contribution in [1.29, 1.82) is 0 Å². The standard InChI is InChI=1S/C14H18FN3O2/c1-8(2)19-7-11(16)13-17-14(20-18-13)10-6-4-5-9(3)12(10)15/h4-6,8,11H,7,16H2,1-3H3. The second-order valence-corrected chi connectivity index (χ2v) is 4.88. The highest BCUT2D eigenvalue weighted by atomic mass is 19.1. The Balaban J connectivity index is 2.18. The van der Waals surface area contributed by atoms with Crippen molar-refractivity contribution in [3.63, 3.8) is 0 Å². The molecule has 0 spiro atoms. The molecule has 0 fully saturated rings. The molecule has 0 aliphatic rings. The van der Waals surface area contributed by atoms with Gasteiger partial charge in [0.2, 0.25) is 0 Å². The molecule has 1 aromatic heterocycles. The average molecular weight is 279 g/mol. The molecule has 0 radical (unpaired) electrons. The number of aromatic nitrogens is 2. The van der Waals surface area contributed by atoms with Gasteiger partial charge in [-0.2, -0.15) is 4.98 Å². The molecule has 0 bridgehead atoms. The number of halogens is 1. The summed E-state index contributed by atoms with van der Waals surface area (Å²) in [6.07, 6.45) is 0.0710. The topological polar surface area (TPSA) is 74.2 Å². The molecule has 0 saturated heterocycles. The smallest absolute Gasteiger partial charge is 0.260 e. The molecule has 0 amide bonds. The van der Waals surface area contributed by atoms with E-state index in [1.165, 1.54) is 0 Å². The molecule has 20 heavy (non-hydrogen) atoms. The molecule has 2 rings (SSSR count). The number of rotatable bonds is 5. The van der Waals surface area contributed by atoms with Gasteiger partial charge >= 0.3 is 0 Å². The third kappa shape index (κ3) is 3.20. The van der Waals surface area contributed by atoms with E-state index < -0.39 is 6.04 Å². The molecule has 5 nitrogen and oxygen atoms in total. The molecule has 0 saturated carbocycles. The second-order valence-electron chi connectivity index (χ2n) is 4.88. The van der Waals surface area contributed by atoms with Crippen LogP contribution in [-0.2, 0) is 4.74 Å². The quantitative estimate of drug-likeness (QED) is 0.910. The van der Waals surface area contributed by atoms with Gasteiger partial charge in [0.15, 0.2) is 5.82 Å². The van der Waals surface area contributed by atoms with Crippen LogP contribution in [0.15, 0.2) is 22.7 Å². The molecule has 0 aliphatic carbocycles. The normalized spacial score (nSPS) is 12.9. The van der Waals surface area contributed by atoms with Crippen LogP contribution in [0.1, 0.15) is 31.3 Å². The van der Waals surface area contributed by atoms with Crippen LogP contribution in [0, 0.1) is 12.7 Å². The minimum absolute atomic E-state index is 0.0710. The molecular weight excluding hydrogens is 261 g/mol. The van der Waals surface area contributed by atoms with Gasteiger partial charge in [-0.1, -0.05) is 17.3 Å². The Morgan fingerprint density at radius 3 is 2.85 bits per heavy atom. The summed E-state index contributed by atoms with van der Waals surface area (Å²) in [5.41, 5.74) is 6.70. The number of ether oxygens (including phenoxy) is 1.